The van der Waals surface area contributed by atoms with Crippen LogP contribution in [-0.2, 0) is 14.6 Å². The molecule has 0 aliphatic carbocycles. The van der Waals surface area contributed by atoms with Crippen molar-refractivity contribution < 1.29 is 18.3 Å². The molecule has 0 aliphatic rings. The molecule has 0 aliphatic heterocycles. The van der Waals surface area contributed by atoms with Gasteiger partial charge in [0, 0.05) is 0 Å². The van der Waals surface area contributed by atoms with E-state index in [9.17, 15) is 13.2 Å². The molecule has 0 aromatic rings. The van der Waals surface area contributed by atoms with Crippen LogP contribution in [0.25, 0.3) is 0 Å². The van der Waals surface area contributed by atoms with Crippen molar-refractivity contribution in [1.82, 2.24) is 0 Å². The maximum absolute atomic E-state index is 10.9. The Balaban J connectivity index is 5.01. The van der Waals surface area contributed by atoms with Gasteiger partial charge in [0.1, 0.15) is 0 Å². The van der Waals surface area contributed by atoms with Crippen LogP contribution in [0.2, 0.25) is 0 Å². The molecule has 0 heterocycles. The number of sulfone groups is 1. The first-order valence-electron chi connectivity index (χ1n) is 3.00. The van der Waals surface area contributed by atoms with Gasteiger partial charge in [-0.1, -0.05) is 6.92 Å². The number of amides is 1. The van der Waals surface area contributed by atoms with Crippen molar-refractivity contribution in [2.75, 3.05) is 5.75 Å². The average molecular weight is 181 g/mol. The van der Waals surface area contributed by atoms with Crippen LogP contribution in [0.3, 0.4) is 0 Å². The van der Waals surface area contributed by atoms with E-state index in [1.54, 1.807) is 0 Å². The van der Waals surface area contributed by atoms with Crippen LogP contribution in [0.15, 0.2) is 0 Å². The molecule has 0 bridgehead atoms. The van der Waals surface area contributed by atoms with Gasteiger partial charge in [0.15, 0.2) is 9.84 Å². The largest absolute Gasteiger partial charge is 0.367 e. The molecular weight excluding hydrogens is 170 g/mol. The molecular formula is C5H11NO4S. The van der Waals surface area contributed by atoms with Crippen molar-refractivity contribution in [2.24, 2.45) is 5.73 Å². The third-order valence-electron chi connectivity index (χ3n) is 1.44. The van der Waals surface area contributed by atoms with E-state index < -0.39 is 20.7 Å². The van der Waals surface area contributed by atoms with Crippen LogP contribution in [0, 0.1) is 0 Å². The van der Waals surface area contributed by atoms with E-state index in [-0.39, 0.29) is 5.75 Å². The first-order valence-corrected chi connectivity index (χ1v) is 4.65. The van der Waals surface area contributed by atoms with Crippen LogP contribution in [0.4, 0.5) is 0 Å². The minimum absolute atomic E-state index is 0.317. The van der Waals surface area contributed by atoms with Gasteiger partial charge in [0.25, 0.3) is 5.91 Å². The Labute approximate surface area is 65.1 Å². The highest BCUT2D eigenvalue weighted by molar-refractivity contribution is 7.93. The van der Waals surface area contributed by atoms with E-state index in [1.807, 2.05) is 0 Å². The van der Waals surface area contributed by atoms with Crippen molar-refractivity contribution in [1.29, 1.82) is 0 Å². The summed E-state index contributed by atoms with van der Waals surface area (Å²) in [6, 6.07) is 0. The fraction of sp³-hybridized carbons (Fsp3) is 0.800. The topological polar surface area (TPSA) is 97.5 Å². The standard InChI is InChI=1S/C5H11NO4S/c1-3-11(9,10)5(2,8)4(6)7/h8H,3H2,1-2H3,(H2,6,7). The predicted molar refractivity (Wildman–Crippen MR) is 39.3 cm³/mol. The highest BCUT2D eigenvalue weighted by Gasteiger charge is 2.41. The molecule has 0 rings (SSSR count). The Hall–Kier alpha value is -0.620. The van der Waals surface area contributed by atoms with E-state index in [0.29, 0.717) is 0 Å². The Morgan fingerprint density at radius 1 is 1.64 bits per heavy atom. The van der Waals surface area contributed by atoms with Crippen molar-refractivity contribution in [3.8, 4) is 0 Å². The third kappa shape index (κ3) is 1.69. The minimum Gasteiger partial charge on any atom is -0.367 e. The fourth-order valence-corrected chi connectivity index (χ4v) is 1.30. The number of aliphatic hydroxyl groups is 1. The van der Waals surface area contributed by atoms with Crippen molar-refractivity contribution >= 4 is 15.7 Å². The zero-order valence-corrected chi connectivity index (χ0v) is 7.18. The lowest BCUT2D eigenvalue weighted by Gasteiger charge is -2.17. The maximum Gasteiger partial charge on any atom is 0.265 e. The van der Waals surface area contributed by atoms with Gasteiger partial charge >= 0.3 is 0 Å². The normalized spacial score (nSPS) is 17.4. The number of primary amides is 1. The average Bonchev–Trinajstić information content (AvgIpc) is 1.87. The Bertz CT molecular complexity index is 254. The molecule has 0 aromatic carbocycles. The monoisotopic (exact) mass is 181 g/mol. The predicted octanol–water partition coefficient (Wildman–Crippen LogP) is -1.39. The van der Waals surface area contributed by atoms with Gasteiger partial charge in [-0.15, -0.1) is 0 Å². The van der Waals surface area contributed by atoms with E-state index in [0.717, 1.165) is 6.92 Å². The van der Waals surface area contributed by atoms with Gasteiger partial charge in [0.05, 0.1) is 5.75 Å². The molecule has 11 heavy (non-hydrogen) atoms. The quantitative estimate of drug-likeness (QED) is 0.560. The van der Waals surface area contributed by atoms with Gasteiger partial charge in [-0.2, -0.15) is 0 Å². The molecule has 0 spiro atoms. The zero-order chi connectivity index (χ0) is 9.28. The van der Waals surface area contributed by atoms with Gasteiger partial charge in [-0.3, -0.25) is 4.79 Å². The van der Waals surface area contributed by atoms with Gasteiger partial charge in [-0.05, 0) is 6.92 Å². The summed E-state index contributed by atoms with van der Waals surface area (Å²) in [5.41, 5.74) is 4.66. The summed E-state index contributed by atoms with van der Waals surface area (Å²) in [7, 11) is -3.82. The van der Waals surface area contributed by atoms with E-state index >= 15 is 0 Å². The molecule has 0 fully saturated rings. The fourth-order valence-electron chi connectivity index (χ4n) is 0.434. The SMILES string of the molecule is CCS(=O)(=O)C(C)(O)C(N)=O. The van der Waals surface area contributed by atoms with Crippen molar-refractivity contribution in [3.63, 3.8) is 0 Å². The van der Waals surface area contributed by atoms with Crippen LogP contribution >= 0.6 is 0 Å². The van der Waals surface area contributed by atoms with E-state index in [4.69, 9.17) is 5.11 Å². The lowest BCUT2D eigenvalue weighted by Crippen LogP contribution is -2.48. The van der Waals surface area contributed by atoms with Crippen molar-refractivity contribution in [2.45, 2.75) is 18.8 Å². The Kier molecular flexibility index (Phi) is 2.63. The summed E-state index contributed by atoms with van der Waals surface area (Å²) in [4.78, 5) is 7.98. The molecule has 0 saturated carbocycles. The third-order valence-corrected chi connectivity index (χ3v) is 3.62. The number of carbonyl (C=O) groups is 1. The van der Waals surface area contributed by atoms with Crippen LogP contribution in [0.5, 0.6) is 0 Å². The second-order valence-electron chi connectivity index (χ2n) is 2.25. The first-order chi connectivity index (χ1) is 4.75. The number of hydrogen-bond donors (Lipinski definition) is 2. The molecule has 1 atom stereocenters. The number of rotatable bonds is 3. The molecule has 66 valence electrons. The molecule has 1 amide bonds. The summed E-state index contributed by atoms with van der Waals surface area (Å²) < 4.78 is 21.8. The van der Waals surface area contributed by atoms with E-state index in [2.05, 4.69) is 5.73 Å². The minimum atomic E-state index is -3.82. The highest BCUT2D eigenvalue weighted by Crippen LogP contribution is 2.12. The second kappa shape index (κ2) is 2.78. The van der Waals surface area contributed by atoms with Crippen LogP contribution in [-0.4, -0.2) is 30.1 Å². The van der Waals surface area contributed by atoms with Gasteiger partial charge in [0.2, 0.25) is 4.93 Å². The van der Waals surface area contributed by atoms with Gasteiger partial charge in [-0.25, -0.2) is 8.42 Å². The second-order valence-corrected chi connectivity index (χ2v) is 4.85. The molecule has 0 aromatic heterocycles. The van der Waals surface area contributed by atoms with Gasteiger partial charge < -0.3 is 10.8 Å². The van der Waals surface area contributed by atoms with Crippen LogP contribution < -0.4 is 5.73 Å². The van der Waals surface area contributed by atoms with E-state index in [1.165, 1.54) is 6.92 Å². The summed E-state index contributed by atoms with van der Waals surface area (Å²) in [6.07, 6.45) is 0. The smallest absolute Gasteiger partial charge is 0.265 e. The summed E-state index contributed by atoms with van der Waals surface area (Å²) in [6.45, 7) is 2.20. The molecule has 5 nitrogen and oxygen atoms in total. The summed E-state index contributed by atoms with van der Waals surface area (Å²) >= 11 is 0. The molecule has 6 heteroatoms. The first kappa shape index (κ1) is 10.4. The highest BCUT2D eigenvalue weighted by atomic mass is 32.2. The van der Waals surface area contributed by atoms with Crippen molar-refractivity contribution in [3.05, 3.63) is 0 Å². The lowest BCUT2D eigenvalue weighted by atomic mass is 10.4. The Morgan fingerprint density at radius 2 is 2.00 bits per heavy atom. The summed E-state index contributed by atoms with van der Waals surface area (Å²) in [5, 5.41) is 9.06. The molecule has 3 N–H and O–H groups in total. The lowest BCUT2D eigenvalue weighted by molar-refractivity contribution is -0.127. The molecule has 1 unspecified atom stereocenters. The maximum atomic E-state index is 10.9. The summed E-state index contributed by atoms with van der Waals surface area (Å²) in [5.74, 6) is -1.57. The number of hydrogen-bond acceptors (Lipinski definition) is 4. The molecule has 0 saturated heterocycles. The molecule has 0 radical (unpaired) electrons. The van der Waals surface area contributed by atoms with Crippen LogP contribution in [0.1, 0.15) is 13.8 Å². The number of nitrogens with two attached hydrogens (primary N) is 1. The zero-order valence-electron chi connectivity index (χ0n) is 6.36. The number of carbonyl (C=O) groups excluding carboxylic acids is 1. The Morgan fingerprint density at radius 3 is 2.09 bits per heavy atom.